The van der Waals surface area contributed by atoms with E-state index in [0.29, 0.717) is 18.5 Å². The van der Waals surface area contributed by atoms with Crippen molar-refractivity contribution in [1.82, 2.24) is 9.55 Å². The Hall–Kier alpha value is -1.55. The fourth-order valence-electron chi connectivity index (χ4n) is 1.98. The summed E-state index contributed by atoms with van der Waals surface area (Å²) in [4.78, 5) is 4.48. The molecule has 1 aromatic carbocycles. The number of methoxy groups -OCH3 is 1. The molecule has 1 aromatic heterocycles. The molecular weight excluding hydrogens is 214 g/mol. The van der Waals surface area contributed by atoms with Gasteiger partial charge in [0, 0.05) is 13.1 Å². The van der Waals surface area contributed by atoms with Crippen molar-refractivity contribution < 1.29 is 4.74 Å². The van der Waals surface area contributed by atoms with Gasteiger partial charge in [0.1, 0.15) is 0 Å². The highest BCUT2D eigenvalue weighted by atomic mass is 16.5. The first-order valence-electron chi connectivity index (χ1n) is 5.89. The molecule has 92 valence electrons. The van der Waals surface area contributed by atoms with E-state index in [9.17, 15) is 0 Å². The summed E-state index contributed by atoms with van der Waals surface area (Å²) in [5.41, 5.74) is 8.78. The highest BCUT2D eigenvalue weighted by Crippen LogP contribution is 2.23. The van der Waals surface area contributed by atoms with Crippen molar-refractivity contribution in [1.29, 1.82) is 0 Å². The molecule has 0 aliphatic rings. The minimum atomic E-state index is 0.537. The highest BCUT2D eigenvalue weighted by molar-refractivity contribution is 5.77. The van der Waals surface area contributed by atoms with Crippen LogP contribution in [0.25, 0.3) is 11.0 Å². The molecule has 0 bridgehead atoms. The van der Waals surface area contributed by atoms with Crippen LogP contribution in [-0.2, 0) is 13.1 Å². The maximum atomic E-state index is 5.63. The third-order valence-electron chi connectivity index (χ3n) is 2.74. The van der Waals surface area contributed by atoms with Crippen LogP contribution in [0, 0.1) is 5.92 Å². The Morgan fingerprint density at radius 1 is 1.41 bits per heavy atom. The number of imidazole rings is 1. The van der Waals surface area contributed by atoms with Crippen molar-refractivity contribution in [3.63, 3.8) is 0 Å². The van der Waals surface area contributed by atoms with Gasteiger partial charge in [-0.3, -0.25) is 4.57 Å². The van der Waals surface area contributed by atoms with Gasteiger partial charge in [0.25, 0.3) is 6.01 Å². The second kappa shape index (κ2) is 4.75. The largest absolute Gasteiger partial charge is 0.468 e. The Kier molecular flexibility index (Phi) is 3.33. The third kappa shape index (κ3) is 2.26. The van der Waals surface area contributed by atoms with Gasteiger partial charge in [-0.15, -0.1) is 0 Å². The third-order valence-corrected chi connectivity index (χ3v) is 2.74. The summed E-state index contributed by atoms with van der Waals surface area (Å²) >= 11 is 0. The van der Waals surface area contributed by atoms with Gasteiger partial charge in [0.15, 0.2) is 0 Å². The number of fused-ring (bicyclic) bond motifs is 1. The summed E-state index contributed by atoms with van der Waals surface area (Å²) in [6.45, 7) is 5.80. The van der Waals surface area contributed by atoms with Crippen molar-refractivity contribution >= 4 is 11.0 Å². The molecule has 0 saturated carbocycles. The Morgan fingerprint density at radius 2 is 2.18 bits per heavy atom. The monoisotopic (exact) mass is 233 g/mol. The van der Waals surface area contributed by atoms with E-state index in [0.717, 1.165) is 23.1 Å². The number of hydrogen-bond donors (Lipinski definition) is 1. The molecular formula is C13H19N3O. The number of benzene rings is 1. The molecule has 0 amide bonds. The van der Waals surface area contributed by atoms with Crippen LogP contribution >= 0.6 is 0 Å². The van der Waals surface area contributed by atoms with E-state index in [1.807, 2.05) is 12.1 Å². The van der Waals surface area contributed by atoms with Crippen LogP contribution in [-0.4, -0.2) is 16.7 Å². The Morgan fingerprint density at radius 3 is 2.76 bits per heavy atom. The number of rotatable bonds is 4. The summed E-state index contributed by atoms with van der Waals surface area (Å²) in [7, 11) is 1.65. The zero-order valence-corrected chi connectivity index (χ0v) is 10.6. The molecule has 0 aliphatic heterocycles. The van der Waals surface area contributed by atoms with E-state index in [1.54, 1.807) is 7.11 Å². The lowest BCUT2D eigenvalue weighted by Crippen LogP contribution is -2.06. The molecule has 2 aromatic rings. The smallest absolute Gasteiger partial charge is 0.297 e. The van der Waals surface area contributed by atoms with Crippen molar-refractivity contribution in [3.05, 3.63) is 23.8 Å². The van der Waals surface area contributed by atoms with Gasteiger partial charge in [0.05, 0.1) is 18.1 Å². The van der Waals surface area contributed by atoms with Crippen LogP contribution < -0.4 is 10.5 Å². The maximum absolute atomic E-state index is 5.63. The second-order valence-electron chi connectivity index (χ2n) is 4.63. The van der Waals surface area contributed by atoms with Gasteiger partial charge in [-0.25, -0.2) is 0 Å². The maximum Gasteiger partial charge on any atom is 0.297 e. The zero-order chi connectivity index (χ0) is 12.4. The summed E-state index contributed by atoms with van der Waals surface area (Å²) in [5.74, 6) is 0.551. The average molecular weight is 233 g/mol. The average Bonchev–Trinajstić information content (AvgIpc) is 2.65. The van der Waals surface area contributed by atoms with Crippen LogP contribution in [0.2, 0.25) is 0 Å². The van der Waals surface area contributed by atoms with Crippen LogP contribution in [0.3, 0.4) is 0 Å². The molecule has 0 spiro atoms. The molecule has 1 heterocycles. The fourth-order valence-corrected chi connectivity index (χ4v) is 1.98. The number of ether oxygens (including phenoxy) is 1. The molecule has 0 aliphatic carbocycles. The first-order valence-corrected chi connectivity index (χ1v) is 5.89. The lowest BCUT2D eigenvalue weighted by atomic mass is 10.2. The van der Waals surface area contributed by atoms with E-state index in [4.69, 9.17) is 10.5 Å². The first-order chi connectivity index (χ1) is 8.15. The van der Waals surface area contributed by atoms with Crippen molar-refractivity contribution in [2.75, 3.05) is 7.11 Å². The first kappa shape index (κ1) is 11.9. The van der Waals surface area contributed by atoms with E-state index in [-0.39, 0.29) is 0 Å². The van der Waals surface area contributed by atoms with Gasteiger partial charge in [-0.1, -0.05) is 19.9 Å². The molecule has 0 atom stereocenters. The SMILES string of the molecule is COc1nc2cc(CN)ccc2n1CC(C)C. The number of nitrogens with two attached hydrogens (primary N) is 1. The van der Waals surface area contributed by atoms with Gasteiger partial charge < -0.3 is 10.5 Å². The molecule has 0 saturated heterocycles. The van der Waals surface area contributed by atoms with E-state index >= 15 is 0 Å². The van der Waals surface area contributed by atoms with Crippen LogP contribution in [0.15, 0.2) is 18.2 Å². The van der Waals surface area contributed by atoms with Crippen LogP contribution in [0.1, 0.15) is 19.4 Å². The molecule has 17 heavy (non-hydrogen) atoms. The Balaban J connectivity index is 2.55. The number of nitrogens with zero attached hydrogens (tertiary/aromatic N) is 2. The van der Waals surface area contributed by atoms with E-state index in [1.165, 1.54) is 0 Å². The molecule has 4 nitrogen and oxygen atoms in total. The number of hydrogen-bond acceptors (Lipinski definition) is 3. The fraction of sp³-hybridized carbons (Fsp3) is 0.462. The summed E-state index contributed by atoms with van der Waals surface area (Å²) < 4.78 is 7.44. The normalized spacial score (nSPS) is 11.4. The Labute approximate surface area is 101 Å². The van der Waals surface area contributed by atoms with Gasteiger partial charge in [-0.2, -0.15) is 4.98 Å². The molecule has 0 fully saturated rings. The van der Waals surface area contributed by atoms with Gasteiger partial charge in [-0.05, 0) is 23.6 Å². The minimum Gasteiger partial charge on any atom is -0.468 e. The standard InChI is InChI=1S/C13H19N3O/c1-9(2)8-16-12-5-4-10(7-14)6-11(12)15-13(16)17-3/h4-6,9H,7-8,14H2,1-3H3. The van der Waals surface area contributed by atoms with Crippen LogP contribution in [0.4, 0.5) is 0 Å². The predicted octanol–water partition coefficient (Wildman–Crippen LogP) is 2.16. The molecule has 4 heteroatoms. The zero-order valence-electron chi connectivity index (χ0n) is 10.6. The minimum absolute atomic E-state index is 0.537. The number of aromatic nitrogens is 2. The Bertz CT molecular complexity index is 517. The van der Waals surface area contributed by atoms with E-state index < -0.39 is 0 Å². The van der Waals surface area contributed by atoms with Crippen LogP contribution in [0.5, 0.6) is 6.01 Å². The van der Waals surface area contributed by atoms with Gasteiger partial charge in [0.2, 0.25) is 0 Å². The molecule has 2 N–H and O–H groups in total. The lowest BCUT2D eigenvalue weighted by molar-refractivity contribution is 0.348. The summed E-state index contributed by atoms with van der Waals surface area (Å²) in [5, 5.41) is 0. The topological polar surface area (TPSA) is 53.1 Å². The second-order valence-corrected chi connectivity index (χ2v) is 4.63. The van der Waals surface area contributed by atoms with Crippen molar-refractivity contribution in [3.8, 4) is 6.01 Å². The van der Waals surface area contributed by atoms with Crippen molar-refractivity contribution in [2.24, 2.45) is 11.7 Å². The summed E-state index contributed by atoms with van der Waals surface area (Å²) in [6.07, 6.45) is 0. The van der Waals surface area contributed by atoms with E-state index in [2.05, 4.69) is 29.5 Å². The summed E-state index contributed by atoms with van der Waals surface area (Å²) in [6, 6.07) is 6.80. The predicted molar refractivity (Wildman–Crippen MR) is 69.0 cm³/mol. The quantitative estimate of drug-likeness (QED) is 0.880. The molecule has 0 radical (unpaired) electrons. The highest BCUT2D eigenvalue weighted by Gasteiger charge is 2.12. The molecule has 2 rings (SSSR count). The molecule has 0 unspecified atom stereocenters. The van der Waals surface area contributed by atoms with Crippen molar-refractivity contribution in [2.45, 2.75) is 26.9 Å². The lowest BCUT2D eigenvalue weighted by Gasteiger charge is -2.10. The van der Waals surface area contributed by atoms with Gasteiger partial charge >= 0.3 is 0 Å².